The molecule has 4 rings (SSSR count). The van der Waals surface area contributed by atoms with Crippen LogP contribution in [0.15, 0.2) is 60.9 Å². The normalized spacial score (nSPS) is 16.6. The van der Waals surface area contributed by atoms with Crippen LogP contribution in [-0.4, -0.2) is 39.3 Å². The van der Waals surface area contributed by atoms with Crippen molar-refractivity contribution < 1.29 is 4.39 Å². The second-order valence-corrected chi connectivity index (χ2v) is 8.44. The van der Waals surface area contributed by atoms with Crippen LogP contribution < -0.4 is 0 Å². The Bertz CT molecular complexity index is 898. The number of piperidine rings is 1. The molecule has 1 aliphatic heterocycles. The molecule has 5 heteroatoms. The predicted octanol–water partition coefficient (Wildman–Crippen LogP) is 5.03. The molecular formula is C25H31FN4. The number of nitrogens with zero attached hydrogens (tertiary/aromatic N) is 4. The third-order valence-electron chi connectivity index (χ3n) is 6.28. The fourth-order valence-corrected chi connectivity index (χ4v) is 4.24. The van der Waals surface area contributed by atoms with E-state index in [0.717, 1.165) is 56.7 Å². The number of aryl methyl sites for hydroxylation is 2. The highest BCUT2D eigenvalue weighted by molar-refractivity contribution is 5.18. The average molecular weight is 407 g/mol. The van der Waals surface area contributed by atoms with Gasteiger partial charge in [0.15, 0.2) is 5.82 Å². The molecule has 1 aromatic heterocycles. The Labute approximate surface area is 178 Å². The van der Waals surface area contributed by atoms with Gasteiger partial charge in [-0.2, -0.15) is 5.10 Å². The second-order valence-electron chi connectivity index (χ2n) is 8.44. The van der Waals surface area contributed by atoms with Gasteiger partial charge in [0, 0.05) is 19.5 Å². The van der Waals surface area contributed by atoms with E-state index in [-0.39, 0.29) is 5.82 Å². The van der Waals surface area contributed by atoms with Crippen LogP contribution in [0.2, 0.25) is 0 Å². The van der Waals surface area contributed by atoms with Crippen LogP contribution >= 0.6 is 0 Å². The van der Waals surface area contributed by atoms with E-state index in [9.17, 15) is 4.39 Å². The smallest absolute Gasteiger partial charge is 0.150 e. The Morgan fingerprint density at radius 1 is 1.00 bits per heavy atom. The quantitative estimate of drug-likeness (QED) is 0.526. The maximum absolute atomic E-state index is 13.0. The third kappa shape index (κ3) is 5.54. The molecule has 1 atom stereocenters. The van der Waals surface area contributed by atoms with Crippen molar-refractivity contribution in [3.63, 3.8) is 0 Å². The van der Waals surface area contributed by atoms with Gasteiger partial charge in [-0.1, -0.05) is 49.4 Å². The van der Waals surface area contributed by atoms with E-state index >= 15 is 0 Å². The third-order valence-corrected chi connectivity index (χ3v) is 6.28. The van der Waals surface area contributed by atoms with Crippen molar-refractivity contribution in [3.8, 4) is 0 Å². The van der Waals surface area contributed by atoms with E-state index < -0.39 is 0 Å². The topological polar surface area (TPSA) is 34.0 Å². The van der Waals surface area contributed by atoms with Crippen LogP contribution in [0.1, 0.15) is 55.1 Å². The van der Waals surface area contributed by atoms with Gasteiger partial charge in [0.1, 0.15) is 12.1 Å². The van der Waals surface area contributed by atoms with Gasteiger partial charge in [-0.25, -0.2) is 14.1 Å². The molecule has 0 bridgehead atoms. The van der Waals surface area contributed by atoms with Gasteiger partial charge in [0.05, 0.1) is 6.04 Å². The monoisotopic (exact) mass is 406 g/mol. The van der Waals surface area contributed by atoms with Crippen LogP contribution in [0.5, 0.6) is 0 Å². The van der Waals surface area contributed by atoms with E-state index in [4.69, 9.17) is 5.10 Å². The molecule has 0 N–H and O–H groups in total. The summed E-state index contributed by atoms with van der Waals surface area (Å²) in [7, 11) is 0. The summed E-state index contributed by atoms with van der Waals surface area (Å²) in [6.45, 7) is 5.72. The van der Waals surface area contributed by atoms with Crippen LogP contribution in [0.25, 0.3) is 0 Å². The van der Waals surface area contributed by atoms with Crippen LogP contribution in [0.3, 0.4) is 0 Å². The minimum absolute atomic E-state index is 0.193. The molecule has 158 valence electrons. The first-order valence-electron chi connectivity index (χ1n) is 11.1. The van der Waals surface area contributed by atoms with Gasteiger partial charge >= 0.3 is 0 Å². The van der Waals surface area contributed by atoms with Gasteiger partial charge in [-0.15, -0.1) is 0 Å². The second kappa shape index (κ2) is 9.98. The van der Waals surface area contributed by atoms with E-state index in [1.54, 1.807) is 0 Å². The number of halogens is 1. The molecule has 1 unspecified atom stereocenters. The lowest BCUT2D eigenvalue weighted by molar-refractivity contribution is 0.175. The number of likely N-dealkylation sites (tertiary alicyclic amines) is 1. The molecule has 0 radical (unpaired) electrons. The first-order chi connectivity index (χ1) is 14.7. The highest BCUT2D eigenvalue weighted by atomic mass is 19.1. The summed E-state index contributed by atoms with van der Waals surface area (Å²) in [6.07, 6.45) is 6.96. The fourth-order valence-electron chi connectivity index (χ4n) is 4.24. The van der Waals surface area contributed by atoms with E-state index in [2.05, 4.69) is 51.8 Å². The summed E-state index contributed by atoms with van der Waals surface area (Å²) in [6, 6.07) is 17.9. The fraction of sp³-hybridized carbons (Fsp3) is 0.440. The molecule has 0 saturated carbocycles. The summed E-state index contributed by atoms with van der Waals surface area (Å²) in [4.78, 5) is 7.09. The number of hydrogen-bond donors (Lipinski definition) is 0. The molecule has 4 nitrogen and oxygen atoms in total. The van der Waals surface area contributed by atoms with Crippen molar-refractivity contribution in [2.75, 3.05) is 19.6 Å². The Kier molecular flexibility index (Phi) is 6.90. The van der Waals surface area contributed by atoms with Crippen molar-refractivity contribution >= 4 is 0 Å². The zero-order valence-electron chi connectivity index (χ0n) is 17.8. The molecule has 30 heavy (non-hydrogen) atoms. The average Bonchev–Trinajstić information content (AvgIpc) is 3.27. The van der Waals surface area contributed by atoms with Crippen molar-refractivity contribution in [3.05, 3.63) is 83.7 Å². The number of aromatic nitrogens is 3. The molecule has 2 heterocycles. The molecule has 1 fully saturated rings. The van der Waals surface area contributed by atoms with Crippen LogP contribution in [-0.2, 0) is 12.8 Å². The summed E-state index contributed by atoms with van der Waals surface area (Å²) in [5, 5.41) is 4.72. The Morgan fingerprint density at radius 3 is 2.47 bits per heavy atom. The number of benzene rings is 2. The molecule has 0 aliphatic carbocycles. The lowest BCUT2D eigenvalue weighted by atomic mass is 9.97. The molecule has 2 aromatic carbocycles. The number of rotatable bonds is 8. The van der Waals surface area contributed by atoms with E-state index in [0.29, 0.717) is 12.0 Å². The molecule has 0 spiro atoms. The summed E-state index contributed by atoms with van der Waals surface area (Å²) < 4.78 is 15.1. The summed E-state index contributed by atoms with van der Waals surface area (Å²) in [5.74, 6) is 1.28. The lowest BCUT2D eigenvalue weighted by Gasteiger charge is -2.32. The Hall–Kier alpha value is -2.53. The van der Waals surface area contributed by atoms with Crippen molar-refractivity contribution in [1.29, 1.82) is 0 Å². The van der Waals surface area contributed by atoms with E-state index in [1.165, 1.54) is 24.1 Å². The SMILES string of the molecule is CC(CCN1CCC(n2cnc(CCc3ccc(F)cc3)n2)CC1)c1ccccc1. The first kappa shape index (κ1) is 20.7. The summed E-state index contributed by atoms with van der Waals surface area (Å²) in [5.41, 5.74) is 2.55. The van der Waals surface area contributed by atoms with Crippen molar-refractivity contribution in [2.45, 2.75) is 51.0 Å². The Balaban J connectivity index is 1.21. The maximum atomic E-state index is 13.0. The van der Waals surface area contributed by atoms with E-state index in [1.807, 2.05) is 18.5 Å². The zero-order chi connectivity index (χ0) is 20.8. The van der Waals surface area contributed by atoms with Crippen molar-refractivity contribution in [2.24, 2.45) is 0 Å². The van der Waals surface area contributed by atoms with Gasteiger partial charge in [0.2, 0.25) is 0 Å². The largest absolute Gasteiger partial charge is 0.303 e. The maximum Gasteiger partial charge on any atom is 0.150 e. The minimum atomic E-state index is -0.193. The molecule has 3 aromatic rings. The predicted molar refractivity (Wildman–Crippen MR) is 118 cm³/mol. The summed E-state index contributed by atoms with van der Waals surface area (Å²) >= 11 is 0. The number of hydrogen-bond acceptors (Lipinski definition) is 3. The van der Waals surface area contributed by atoms with Crippen LogP contribution in [0.4, 0.5) is 4.39 Å². The van der Waals surface area contributed by atoms with Gasteiger partial charge in [0.25, 0.3) is 0 Å². The molecule has 0 amide bonds. The lowest BCUT2D eigenvalue weighted by Crippen LogP contribution is -2.35. The van der Waals surface area contributed by atoms with Crippen LogP contribution in [0, 0.1) is 5.82 Å². The molecular weight excluding hydrogens is 375 g/mol. The minimum Gasteiger partial charge on any atom is -0.303 e. The van der Waals surface area contributed by atoms with Gasteiger partial charge in [-0.3, -0.25) is 0 Å². The first-order valence-corrected chi connectivity index (χ1v) is 11.1. The highest BCUT2D eigenvalue weighted by Crippen LogP contribution is 2.24. The van der Waals surface area contributed by atoms with Gasteiger partial charge in [-0.05, 0) is 61.4 Å². The molecule has 1 aliphatic rings. The highest BCUT2D eigenvalue weighted by Gasteiger charge is 2.22. The molecule has 1 saturated heterocycles. The van der Waals surface area contributed by atoms with Crippen molar-refractivity contribution in [1.82, 2.24) is 19.7 Å². The zero-order valence-corrected chi connectivity index (χ0v) is 17.8. The Morgan fingerprint density at radius 2 is 1.73 bits per heavy atom. The van der Waals surface area contributed by atoms with Gasteiger partial charge < -0.3 is 4.90 Å². The standard InChI is InChI=1S/C25H31FN4/c1-20(22-5-3-2-4-6-22)13-16-29-17-14-24(15-18-29)30-19-27-25(28-30)12-9-21-7-10-23(26)11-8-21/h2-8,10-11,19-20,24H,9,12-18H2,1H3.